The molecule has 132 valence electrons. The fraction of sp³-hybridized carbons (Fsp3) is 0.211. The Morgan fingerprint density at radius 2 is 1.92 bits per heavy atom. The number of nitrogens with zero attached hydrogens (tertiary/aromatic N) is 3. The van der Waals surface area contributed by atoms with Crippen molar-refractivity contribution in [3.63, 3.8) is 0 Å². The normalized spacial score (nSPS) is 14.4. The van der Waals surface area contributed by atoms with Crippen LogP contribution < -0.4 is 5.32 Å². The van der Waals surface area contributed by atoms with Gasteiger partial charge >= 0.3 is 0 Å². The number of imidazole rings is 1. The Hall–Kier alpha value is -3.19. The Kier molecular flexibility index (Phi) is 4.37. The van der Waals surface area contributed by atoms with Crippen molar-refractivity contribution in [2.45, 2.75) is 0 Å². The molecular weight excluding hydrogens is 332 g/mol. The van der Waals surface area contributed by atoms with Crippen molar-refractivity contribution >= 4 is 23.1 Å². The summed E-state index contributed by atoms with van der Waals surface area (Å²) in [5, 5.41) is 2.81. The minimum Gasteiger partial charge on any atom is -0.378 e. The molecule has 26 heavy (non-hydrogen) atoms. The molecule has 3 aromatic rings. The molecule has 0 spiro atoms. The summed E-state index contributed by atoms with van der Waals surface area (Å²) < 4.78 is 7.06. The number of carbonyl (C=O) groups is 2. The van der Waals surface area contributed by atoms with E-state index in [1.165, 1.54) is 0 Å². The van der Waals surface area contributed by atoms with Crippen LogP contribution in [0.25, 0.3) is 5.65 Å². The largest absolute Gasteiger partial charge is 0.378 e. The van der Waals surface area contributed by atoms with Gasteiger partial charge in [0.05, 0.1) is 13.2 Å². The Morgan fingerprint density at radius 3 is 2.73 bits per heavy atom. The van der Waals surface area contributed by atoms with Crippen molar-refractivity contribution in [3.05, 3.63) is 66.1 Å². The predicted molar refractivity (Wildman–Crippen MR) is 96.3 cm³/mol. The van der Waals surface area contributed by atoms with Crippen LogP contribution in [0.4, 0.5) is 5.69 Å². The summed E-state index contributed by atoms with van der Waals surface area (Å²) >= 11 is 0. The lowest BCUT2D eigenvalue weighted by molar-refractivity contribution is 0.0303. The van der Waals surface area contributed by atoms with Crippen molar-refractivity contribution in [2.24, 2.45) is 0 Å². The number of hydrogen-bond donors (Lipinski definition) is 1. The molecular formula is C19H18N4O3. The van der Waals surface area contributed by atoms with Crippen molar-refractivity contribution in [3.8, 4) is 0 Å². The zero-order chi connectivity index (χ0) is 17.9. The highest BCUT2D eigenvalue weighted by Gasteiger charge is 2.19. The number of fused-ring (bicyclic) bond motifs is 1. The zero-order valence-electron chi connectivity index (χ0n) is 14.1. The Bertz CT molecular complexity index is 927. The molecule has 1 N–H and O–H groups in total. The molecule has 4 rings (SSSR count). The van der Waals surface area contributed by atoms with Crippen LogP contribution in [-0.4, -0.2) is 52.4 Å². The number of pyridine rings is 1. The Morgan fingerprint density at radius 1 is 1.08 bits per heavy atom. The number of morpholine rings is 1. The molecule has 7 heteroatoms. The number of aromatic nitrogens is 2. The maximum atomic E-state index is 12.6. The van der Waals surface area contributed by atoms with Gasteiger partial charge in [0.1, 0.15) is 11.3 Å². The monoisotopic (exact) mass is 350 g/mol. The highest BCUT2D eigenvalue weighted by molar-refractivity contribution is 6.04. The topological polar surface area (TPSA) is 75.9 Å². The fourth-order valence-corrected chi connectivity index (χ4v) is 2.92. The van der Waals surface area contributed by atoms with E-state index in [1.54, 1.807) is 39.8 Å². The van der Waals surface area contributed by atoms with Gasteiger partial charge in [-0.3, -0.25) is 9.59 Å². The third-order valence-corrected chi connectivity index (χ3v) is 4.26. The smallest absolute Gasteiger partial charge is 0.275 e. The SMILES string of the molecule is O=C(Nc1cccc(C(=O)N2CCOCC2)c1)c1cn2ccccc2n1. The summed E-state index contributed by atoms with van der Waals surface area (Å²) in [5.41, 5.74) is 2.13. The van der Waals surface area contributed by atoms with E-state index < -0.39 is 0 Å². The van der Waals surface area contributed by atoms with Crippen LogP contribution in [-0.2, 0) is 4.74 Å². The van der Waals surface area contributed by atoms with E-state index in [-0.39, 0.29) is 11.8 Å². The zero-order valence-corrected chi connectivity index (χ0v) is 14.1. The summed E-state index contributed by atoms with van der Waals surface area (Å²) in [6.07, 6.45) is 3.51. The first kappa shape index (κ1) is 16.3. The van der Waals surface area contributed by atoms with E-state index in [2.05, 4.69) is 10.3 Å². The maximum absolute atomic E-state index is 12.6. The van der Waals surface area contributed by atoms with E-state index in [9.17, 15) is 9.59 Å². The second kappa shape index (κ2) is 6.97. The highest BCUT2D eigenvalue weighted by atomic mass is 16.5. The van der Waals surface area contributed by atoms with Gasteiger partial charge in [0.15, 0.2) is 0 Å². The molecule has 1 fully saturated rings. The van der Waals surface area contributed by atoms with Crippen molar-refractivity contribution in [1.29, 1.82) is 0 Å². The van der Waals surface area contributed by atoms with Crippen LogP contribution in [0, 0.1) is 0 Å². The second-order valence-corrected chi connectivity index (χ2v) is 6.03. The quantitative estimate of drug-likeness (QED) is 0.784. The third-order valence-electron chi connectivity index (χ3n) is 4.26. The molecule has 0 aliphatic carbocycles. The fourth-order valence-electron chi connectivity index (χ4n) is 2.92. The molecule has 0 atom stereocenters. The average molecular weight is 350 g/mol. The van der Waals surface area contributed by atoms with Crippen molar-refractivity contribution in [1.82, 2.24) is 14.3 Å². The Balaban J connectivity index is 1.51. The van der Waals surface area contributed by atoms with Gasteiger partial charge in [0, 0.05) is 36.7 Å². The molecule has 2 aromatic heterocycles. The lowest BCUT2D eigenvalue weighted by atomic mass is 10.1. The number of nitrogens with one attached hydrogen (secondary N) is 1. The van der Waals surface area contributed by atoms with E-state index >= 15 is 0 Å². The Labute approximate surface area is 150 Å². The molecule has 3 heterocycles. The molecule has 0 bridgehead atoms. The first-order valence-electron chi connectivity index (χ1n) is 8.43. The van der Waals surface area contributed by atoms with Crippen LogP contribution in [0.5, 0.6) is 0 Å². The summed E-state index contributed by atoms with van der Waals surface area (Å²) in [6, 6.07) is 12.5. The van der Waals surface area contributed by atoms with Gasteiger partial charge in [-0.15, -0.1) is 0 Å². The van der Waals surface area contributed by atoms with Gasteiger partial charge in [0.25, 0.3) is 11.8 Å². The summed E-state index contributed by atoms with van der Waals surface area (Å²) in [6.45, 7) is 2.26. The standard InChI is InChI=1S/C19H18N4O3/c24-18(16-13-23-7-2-1-6-17(23)21-16)20-15-5-3-4-14(12-15)19(25)22-8-10-26-11-9-22/h1-7,12-13H,8-11H2,(H,20,24). The molecule has 0 unspecified atom stereocenters. The van der Waals surface area contributed by atoms with Gasteiger partial charge < -0.3 is 19.4 Å². The van der Waals surface area contributed by atoms with Gasteiger partial charge in [-0.25, -0.2) is 4.98 Å². The number of benzene rings is 1. The van der Waals surface area contributed by atoms with Gasteiger partial charge in [-0.1, -0.05) is 12.1 Å². The van der Waals surface area contributed by atoms with Gasteiger partial charge in [-0.05, 0) is 30.3 Å². The van der Waals surface area contributed by atoms with Crippen LogP contribution in [0.2, 0.25) is 0 Å². The predicted octanol–water partition coefficient (Wildman–Crippen LogP) is 2.06. The minimum absolute atomic E-state index is 0.0582. The van der Waals surface area contributed by atoms with E-state index in [0.29, 0.717) is 48.9 Å². The van der Waals surface area contributed by atoms with Crippen LogP contribution in [0.1, 0.15) is 20.8 Å². The molecule has 1 aromatic carbocycles. The number of anilines is 1. The summed E-state index contributed by atoms with van der Waals surface area (Å²) in [5.74, 6) is -0.373. The molecule has 1 aliphatic heterocycles. The second-order valence-electron chi connectivity index (χ2n) is 6.03. The van der Waals surface area contributed by atoms with Crippen LogP contribution in [0.15, 0.2) is 54.9 Å². The number of carbonyl (C=O) groups excluding carboxylic acids is 2. The van der Waals surface area contributed by atoms with E-state index in [1.807, 2.05) is 24.4 Å². The van der Waals surface area contributed by atoms with Crippen LogP contribution >= 0.6 is 0 Å². The van der Waals surface area contributed by atoms with E-state index in [0.717, 1.165) is 0 Å². The first-order chi connectivity index (χ1) is 12.7. The molecule has 2 amide bonds. The third kappa shape index (κ3) is 3.29. The minimum atomic E-state index is -0.315. The van der Waals surface area contributed by atoms with E-state index in [4.69, 9.17) is 4.74 Å². The number of ether oxygens (including phenoxy) is 1. The lowest BCUT2D eigenvalue weighted by Gasteiger charge is -2.27. The summed E-state index contributed by atoms with van der Waals surface area (Å²) in [7, 11) is 0. The first-order valence-corrected chi connectivity index (χ1v) is 8.43. The molecule has 1 aliphatic rings. The van der Waals surface area contributed by atoms with Crippen molar-refractivity contribution < 1.29 is 14.3 Å². The highest BCUT2D eigenvalue weighted by Crippen LogP contribution is 2.15. The number of amides is 2. The molecule has 1 saturated heterocycles. The lowest BCUT2D eigenvalue weighted by Crippen LogP contribution is -2.40. The van der Waals surface area contributed by atoms with Gasteiger partial charge in [0.2, 0.25) is 0 Å². The summed E-state index contributed by atoms with van der Waals surface area (Å²) in [4.78, 5) is 31.1. The van der Waals surface area contributed by atoms with Gasteiger partial charge in [-0.2, -0.15) is 0 Å². The number of rotatable bonds is 3. The molecule has 7 nitrogen and oxygen atoms in total. The average Bonchev–Trinajstić information content (AvgIpc) is 3.13. The van der Waals surface area contributed by atoms with Crippen molar-refractivity contribution in [2.75, 3.05) is 31.6 Å². The maximum Gasteiger partial charge on any atom is 0.275 e. The molecule has 0 radical (unpaired) electrons. The number of hydrogen-bond acceptors (Lipinski definition) is 4. The van der Waals surface area contributed by atoms with Crippen LogP contribution in [0.3, 0.4) is 0 Å². The molecule has 0 saturated carbocycles.